The van der Waals surface area contributed by atoms with Gasteiger partial charge in [0.1, 0.15) is 30.0 Å². The predicted molar refractivity (Wildman–Crippen MR) is 211 cm³/mol. The summed E-state index contributed by atoms with van der Waals surface area (Å²) in [4.78, 5) is 47.5. The summed E-state index contributed by atoms with van der Waals surface area (Å²) in [5.74, 6) is -1.38. The molecule has 59 heavy (non-hydrogen) atoms. The summed E-state index contributed by atoms with van der Waals surface area (Å²) >= 11 is 0. The smallest absolute Gasteiger partial charge is 0.255 e. The van der Waals surface area contributed by atoms with Crippen LogP contribution in [0.5, 0.6) is 5.75 Å². The van der Waals surface area contributed by atoms with E-state index in [-0.39, 0.29) is 35.9 Å². The highest BCUT2D eigenvalue weighted by atomic mass is 19.3. The topological polar surface area (TPSA) is 117 Å². The summed E-state index contributed by atoms with van der Waals surface area (Å²) in [5, 5.41) is 10.3. The lowest BCUT2D eigenvalue weighted by molar-refractivity contribution is -0.136. The van der Waals surface area contributed by atoms with Crippen molar-refractivity contribution in [2.75, 3.05) is 62.2 Å². The number of fused-ring (bicyclic) bond motifs is 7. The molecule has 3 amide bonds. The van der Waals surface area contributed by atoms with Crippen molar-refractivity contribution in [1.82, 2.24) is 30.2 Å². The highest BCUT2D eigenvalue weighted by molar-refractivity contribution is 6.06. The number of hydrogen-bond acceptors (Lipinski definition) is 9. The number of piperazine rings is 1. The van der Waals surface area contributed by atoms with Crippen LogP contribution in [0.15, 0.2) is 42.6 Å². The molecule has 0 spiro atoms. The van der Waals surface area contributed by atoms with Crippen molar-refractivity contribution in [2.45, 2.75) is 76.2 Å². The van der Waals surface area contributed by atoms with Gasteiger partial charge in [-0.05, 0) is 85.5 Å². The molecular formula is C43H46F4N8O4. The van der Waals surface area contributed by atoms with Crippen LogP contribution in [0.2, 0.25) is 0 Å². The summed E-state index contributed by atoms with van der Waals surface area (Å²) in [5.41, 5.74) is 4.87. The number of aromatic amines is 1. The molecule has 16 heteroatoms. The molecule has 0 aliphatic carbocycles. The molecule has 2 N–H and O–H groups in total. The van der Waals surface area contributed by atoms with Crippen LogP contribution in [0, 0.1) is 17.6 Å². The number of aromatic nitrogens is 2. The molecule has 4 aromatic rings. The first kappa shape index (κ1) is 38.0. The van der Waals surface area contributed by atoms with Crippen LogP contribution >= 0.6 is 0 Å². The summed E-state index contributed by atoms with van der Waals surface area (Å²) in [6.07, 6.45) is 1.70. The minimum absolute atomic E-state index is 0.128. The molecule has 1 aromatic heterocycles. The van der Waals surface area contributed by atoms with Gasteiger partial charge in [-0.15, -0.1) is 0 Å². The average molecular weight is 815 g/mol. The summed E-state index contributed by atoms with van der Waals surface area (Å²) in [6.45, 7) is 6.65. The molecule has 7 heterocycles. The van der Waals surface area contributed by atoms with E-state index in [1.54, 1.807) is 29.3 Å². The maximum atomic E-state index is 16.3. The molecule has 0 bridgehead atoms. The zero-order valence-corrected chi connectivity index (χ0v) is 32.7. The summed E-state index contributed by atoms with van der Waals surface area (Å²) in [7, 11) is 0. The Kier molecular flexibility index (Phi) is 9.54. The average Bonchev–Trinajstić information content (AvgIpc) is 3.82. The first-order valence-electron chi connectivity index (χ1n) is 20.7. The second-order valence-electron chi connectivity index (χ2n) is 17.1. The number of carbonyl (C=O) groups is 3. The lowest BCUT2D eigenvalue weighted by atomic mass is 9.83. The minimum Gasteiger partial charge on any atom is -0.489 e. The van der Waals surface area contributed by atoms with E-state index in [2.05, 4.69) is 25.3 Å². The second-order valence-corrected chi connectivity index (χ2v) is 17.1. The number of hydrogen-bond donors (Lipinski definition) is 2. The zero-order chi connectivity index (χ0) is 40.7. The fraction of sp³-hybridized carbons (Fsp3) is 0.488. The minimum atomic E-state index is -2.67. The number of nitrogens with zero attached hydrogens (tertiary/aromatic N) is 6. The Morgan fingerprint density at radius 1 is 0.966 bits per heavy atom. The van der Waals surface area contributed by atoms with E-state index in [4.69, 9.17) is 4.74 Å². The number of rotatable bonds is 7. The van der Waals surface area contributed by atoms with E-state index in [9.17, 15) is 23.2 Å². The van der Waals surface area contributed by atoms with E-state index >= 15 is 8.78 Å². The van der Waals surface area contributed by atoms with Gasteiger partial charge in [-0.1, -0.05) is 6.07 Å². The molecule has 1 unspecified atom stereocenters. The maximum absolute atomic E-state index is 16.3. The number of benzene rings is 3. The summed E-state index contributed by atoms with van der Waals surface area (Å²) in [6, 6.07) is 8.19. The molecule has 3 saturated heterocycles. The van der Waals surface area contributed by atoms with E-state index in [1.807, 2.05) is 17.9 Å². The SMILES string of the molecule is C[C@@H]1Cc2c(ccc3[nH]ncc23)[C@@H](c2c(F)cc(N3CCC(CN4CCN5c6cc7c(cc6OC[C@@H]5C4)C(=O)N(C4CCC(=O)NC4=O)C7)CC3)cc2F)N1CC(F)F. The van der Waals surface area contributed by atoms with Gasteiger partial charge in [0.05, 0.1) is 36.0 Å². The highest BCUT2D eigenvalue weighted by Gasteiger charge is 2.43. The van der Waals surface area contributed by atoms with Crippen molar-refractivity contribution in [2.24, 2.45) is 5.92 Å². The monoisotopic (exact) mass is 814 g/mol. The molecule has 0 radical (unpaired) electrons. The third kappa shape index (κ3) is 6.68. The lowest BCUT2D eigenvalue weighted by Crippen LogP contribution is -2.58. The third-order valence-corrected chi connectivity index (χ3v) is 13.6. The van der Waals surface area contributed by atoms with E-state index in [0.717, 1.165) is 66.7 Å². The molecule has 10 rings (SSSR count). The summed E-state index contributed by atoms with van der Waals surface area (Å²) < 4.78 is 66.7. The number of amides is 3. The molecule has 4 atom stereocenters. The number of alkyl halides is 2. The first-order valence-corrected chi connectivity index (χ1v) is 20.7. The van der Waals surface area contributed by atoms with Crippen LogP contribution in [0.3, 0.4) is 0 Å². The van der Waals surface area contributed by atoms with Gasteiger partial charge in [-0.3, -0.25) is 34.6 Å². The van der Waals surface area contributed by atoms with Gasteiger partial charge >= 0.3 is 0 Å². The van der Waals surface area contributed by atoms with Crippen LogP contribution < -0.4 is 19.9 Å². The molecule has 12 nitrogen and oxygen atoms in total. The Hall–Kier alpha value is -5.22. The zero-order valence-electron chi connectivity index (χ0n) is 32.7. The van der Waals surface area contributed by atoms with Crippen LogP contribution in [0.25, 0.3) is 10.9 Å². The van der Waals surface area contributed by atoms with Gasteiger partial charge in [0.25, 0.3) is 12.3 Å². The standard InChI is InChI=1S/C43H46F4N8O4/c1-23-12-30-28(2-3-34-31(30)17-48-50-34)41(54(23)21-38(46)47)40-32(44)14-26(15-33(40)45)52-8-6-24(7-9-52)18-51-10-11-53-27(20-51)22-59-37-16-29-25(13-36(37)53)19-55(43(29)58)35-4-5-39(56)49-42(35)57/h2-3,13-17,23-24,27,35,38,41H,4-12,18-22H2,1H3,(H,48,50)(H,49,56,57)/t23-,27+,35?,41+/m1/s1. The molecule has 0 saturated carbocycles. The van der Waals surface area contributed by atoms with Crippen molar-refractivity contribution in [3.8, 4) is 5.75 Å². The molecule has 6 aliphatic heterocycles. The van der Waals surface area contributed by atoms with Crippen molar-refractivity contribution in [3.63, 3.8) is 0 Å². The maximum Gasteiger partial charge on any atom is 0.255 e. The van der Waals surface area contributed by atoms with Crippen LogP contribution in [-0.2, 0) is 22.6 Å². The largest absolute Gasteiger partial charge is 0.489 e. The van der Waals surface area contributed by atoms with Gasteiger partial charge in [-0.2, -0.15) is 5.10 Å². The quantitative estimate of drug-likeness (QED) is 0.197. The number of carbonyl (C=O) groups excluding carboxylic acids is 3. The van der Waals surface area contributed by atoms with E-state index in [0.29, 0.717) is 67.6 Å². The van der Waals surface area contributed by atoms with Gasteiger partial charge in [-0.25, -0.2) is 17.6 Å². The Bertz CT molecular complexity index is 2330. The highest BCUT2D eigenvalue weighted by Crippen LogP contribution is 2.44. The number of imide groups is 1. The van der Waals surface area contributed by atoms with Gasteiger partial charge in [0.15, 0.2) is 0 Å². The Morgan fingerprint density at radius 2 is 1.76 bits per heavy atom. The Balaban J connectivity index is 0.786. The first-order chi connectivity index (χ1) is 28.5. The van der Waals surface area contributed by atoms with Gasteiger partial charge < -0.3 is 19.4 Å². The fourth-order valence-corrected chi connectivity index (χ4v) is 10.6. The van der Waals surface area contributed by atoms with Crippen molar-refractivity contribution < 1.29 is 36.7 Å². The number of H-pyrrole nitrogens is 1. The number of anilines is 2. The van der Waals surface area contributed by atoms with Crippen LogP contribution in [0.4, 0.5) is 28.9 Å². The number of piperidine rings is 2. The normalized spacial score (nSPS) is 25.3. The predicted octanol–water partition coefficient (Wildman–Crippen LogP) is 5.00. The molecular weight excluding hydrogens is 769 g/mol. The molecule has 3 aromatic carbocycles. The number of nitrogens with one attached hydrogen (secondary N) is 2. The van der Waals surface area contributed by atoms with E-state index < -0.39 is 42.6 Å². The number of ether oxygens (including phenoxy) is 1. The lowest BCUT2D eigenvalue weighted by Gasteiger charge is -2.47. The Morgan fingerprint density at radius 3 is 2.53 bits per heavy atom. The van der Waals surface area contributed by atoms with Crippen LogP contribution in [-0.4, -0.2) is 120 Å². The fourth-order valence-electron chi connectivity index (χ4n) is 10.6. The van der Waals surface area contributed by atoms with Crippen molar-refractivity contribution in [1.29, 1.82) is 0 Å². The van der Waals surface area contributed by atoms with Gasteiger partial charge in [0, 0.05) is 80.5 Å². The van der Waals surface area contributed by atoms with Gasteiger partial charge in [0.2, 0.25) is 11.8 Å². The Labute approximate surface area is 338 Å². The molecule has 6 aliphatic rings. The number of halogens is 4. The third-order valence-electron chi connectivity index (χ3n) is 13.6. The van der Waals surface area contributed by atoms with E-state index in [1.165, 1.54) is 17.0 Å². The molecule has 3 fully saturated rings. The van der Waals surface area contributed by atoms with Crippen molar-refractivity contribution in [3.05, 3.63) is 82.0 Å². The molecule has 310 valence electrons. The van der Waals surface area contributed by atoms with Crippen LogP contribution in [0.1, 0.15) is 71.3 Å². The van der Waals surface area contributed by atoms with Crippen molar-refractivity contribution >= 4 is 40.0 Å². The second kappa shape index (κ2) is 14.8.